The first-order valence-electron chi connectivity index (χ1n) is 32.1. The molecule has 107 heavy (non-hydrogen) atoms. The molecule has 1 unspecified atom stereocenters. The molecule has 0 saturated heterocycles. The van der Waals surface area contributed by atoms with Gasteiger partial charge in [0.15, 0.2) is 15.8 Å². The zero-order chi connectivity index (χ0) is 78.4. The van der Waals surface area contributed by atoms with E-state index in [9.17, 15) is 23.6 Å². The van der Waals surface area contributed by atoms with Crippen LogP contribution in [0.5, 0.6) is 5.75 Å². The molecule has 28 N–H and O–H groups in total. The van der Waals surface area contributed by atoms with E-state index in [0.29, 0.717) is 61.2 Å². The number of aliphatic hydroxyl groups is 1. The number of nitrogens with two attached hydrogens (primary N) is 11. The minimum atomic E-state index is -0.454. The number of rotatable bonds is 7. The van der Waals surface area contributed by atoms with Gasteiger partial charge in [0.2, 0.25) is 17.7 Å². The number of aryl methyl sites for hydroxylation is 2. The molecule has 14 rings (SSSR count). The number of fused-ring (bicyclic) bond motifs is 1. The van der Waals surface area contributed by atoms with Crippen molar-refractivity contribution < 1.29 is 33.4 Å². The molecule has 5 heterocycles. The van der Waals surface area contributed by atoms with Crippen LogP contribution in [0, 0.1) is 19.7 Å². The lowest BCUT2D eigenvalue weighted by molar-refractivity contribution is -0.115. The smallest absolute Gasteiger partial charge is 0.417 e. The van der Waals surface area contributed by atoms with Crippen LogP contribution in [0.3, 0.4) is 0 Å². The predicted octanol–water partition coefficient (Wildman–Crippen LogP) is 13.7. The number of carbonyl (C=O) groups is 3. The van der Waals surface area contributed by atoms with E-state index in [1.54, 1.807) is 129 Å². The van der Waals surface area contributed by atoms with Gasteiger partial charge < -0.3 is 88.3 Å². The van der Waals surface area contributed by atoms with Crippen molar-refractivity contribution >= 4 is 119 Å². The first-order valence-corrected chi connectivity index (χ1v) is 33.9. The highest BCUT2D eigenvalue weighted by molar-refractivity contribution is 7.14. The number of hydrogen-bond donors (Lipinski definition) is 17. The molecule has 1 atom stereocenters. The van der Waals surface area contributed by atoms with Crippen LogP contribution < -0.4 is 79.5 Å². The Bertz CT molecular complexity index is 4970. The number of aromatic amines is 2. The van der Waals surface area contributed by atoms with Gasteiger partial charge in [-0.1, -0.05) is 84.4 Å². The van der Waals surface area contributed by atoms with Gasteiger partial charge in [0.25, 0.3) is 0 Å². The van der Waals surface area contributed by atoms with Crippen molar-refractivity contribution in [1.82, 2.24) is 30.1 Å². The topological polar surface area (TPSA) is 515 Å². The fraction of sp³-hybridized carbons (Fsp3) is 0.0769. The number of phenols is 1. The van der Waals surface area contributed by atoms with Gasteiger partial charge in [-0.05, 0) is 177 Å². The minimum Gasteiger partial charge on any atom is -0.508 e. The number of hydrogen-bond acceptors (Lipinski definition) is 23. The molecule has 0 bridgehead atoms. The summed E-state index contributed by atoms with van der Waals surface area (Å²) in [5, 5.41) is 34.5. The number of aromatic hydroxyl groups is 1. The second kappa shape index (κ2) is 43.7. The Hall–Kier alpha value is -14.0. The standard InChI is InChI=1S/C11H11N3OS.C10H7N3O2S.C9H8FN3.C8H10N2O.C8H11NO.C7H8N2O.2C7H9N.C6H7NO.C5H6N2/c1-7(15)13-9-4-2-8(3-5-9)10-6-16-11(12)14-10;11-9-12-7(4-16-9)5-1-2-6-8(3-5)15-10(14)13-6;10-7-3-1-6(2-4-7)8-5-9(11)13-12-8;1-6(11)10-8-5-3-2-4-7(8)9;1-6(10)7-3-2-4-8(9)5-7;8-6-3-1-2-5(4-6)7(9)10;1-6-2-4-7(8)5-3-6;1-6-3-2-4-7(8)5-6;7-5-2-1-3-6(8)4-5;6-5-1-3-7-4-2-5/h2-6H,1H3,(H2,12,14)(H,13,15);1-4H,(H2,11,12)(H,13,14);1-5H,(H3,11,12,13);2-5H,9H2,1H3,(H,10,11);2-6,10H,9H2,1H3;1-4H,8H2,(H2,9,10);2*2-5H,8H2,1H3;1-4,8H,7H2;1-4H,(H2,6,7). The molecule has 0 aliphatic carbocycles. The van der Waals surface area contributed by atoms with Crippen LogP contribution in [0.15, 0.2) is 263 Å². The number of aliphatic hydroxyl groups excluding tert-OH is 1. The van der Waals surface area contributed by atoms with Crippen LogP contribution in [-0.4, -0.2) is 58.1 Å². The third-order valence-corrected chi connectivity index (χ3v) is 14.9. The van der Waals surface area contributed by atoms with Gasteiger partial charge in [-0.15, -0.1) is 22.7 Å². The van der Waals surface area contributed by atoms with Crippen LogP contribution in [0.25, 0.3) is 44.9 Å². The quantitative estimate of drug-likeness (QED) is 0.0659. The van der Waals surface area contributed by atoms with E-state index >= 15 is 0 Å². The van der Waals surface area contributed by atoms with Crippen molar-refractivity contribution in [2.45, 2.75) is 40.7 Å². The molecule has 0 aliphatic rings. The molecule has 26 nitrogen and oxygen atoms in total. The summed E-state index contributed by atoms with van der Waals surface area (Å²) in [6.07, 6.45) is 2.90. The molecule has 9 aromatic carbocycles. The molecule has 5 aromatic heterocycles. The maximum Gasteiger partial charge on any atom is 0.417 e. The Morgan fingerprint density at radius 2 is 1.07 bits per heavy atom. The molecule has 3 amide bonds. The number of halogens is 1. The van der Waals surface area contributed by atoms with Crippen molar-refractivity contribution in [3.05, 3.63) is 292 Å². The molecule has 0 spiro atoms. The lowest BCUT2D eigenvalue weighted by atomic mass is 10.1. The average Bonchev–Trinajstić information content (AvgIpc) is 1.68. The van der Waals surface area contributed by atoms with Gasteiger partial charge in [-0.2, -0.15) is 5.10 Å². The summed E-state index contributed by atoms with van der Waals surface area (Å²) in [6.45, 7) is 8.71. The number of carbonyl (C=O) groups excluding carboxylic acids is 3. The number of oxazole rings is 1. The number of nitrogens with one attached hydrogen (secondary N) is 4. The number of phenolic OH excluding ortho intramolecular Hbond substituents is 1. The second-order valence-electron chi connectivity index (χ2n) is 22.6. The number of benzene rings is 9. The largest absolute Gasteiger partial charge is 0.508 e. The molecular weight excluding hydrogens is 1400 g/mol. The Labute approximate surface area is 625 Å². The summed E-state index contributed by atoms with van der Waals surface area (Å²) >= 11 is 2.79. The summed E-state index contributed by atoms with van der Waals surface area (Å²) < 4.78 is 17.5. The highest BCUT2D eigenvalue weighted by Gasteiger charge is 2.08. The number of nitrogens with zero attached hydrogens (tertiary/aromatic N) is 4. The molecule has 0 saturated carbocycles. The molecule has 29 heteroatoms. The summed E-state index contributed by atoms with van der Waals surface area (Å²) in [5.74, 6) is -0.702. The Kier molecular flexibility index (Phi) is 34.2. The minimum absolute atomic E-state index is 0.0781. The molecule has 0 radical (unpaired) electrons. The monoisotopic (exact) mass is 1480 g/mol. The van der Waals surface area contributed by atoms with Crippen LogP contribution >= 0.6 is 22.7 Å². The van der Waals surface area contributed by atoms with E-state index in [2.05, 4.69) is 40.8 Å². The molecule has 0 fully saturated rings. The molecule has 554 valence electrons. The highest BCUT2D eigenvalue weighted by atomic mass is 32.1. The number of thiazole rings is 2. The first kappa shape index (κ1) is 83.6. The van der Waals surface area contributed by atoms with Crippen molar-refractivity contribution in [2.24, 2.45) is 5.73 Å². The summed E-state index contributed by atoms with van der Waals surface area (Å²) in [6, 6.07) is 67.3. The number of aromatic nitrogens is 6. The van der Waals surface area contributed by atoms with Crippen molar-refractivity contribution in [3.8, 4) is 39.5 Å². The van der Waals surface area contributed by atoms with E-state index in [1.165, 1.54) is 65.8 Å². The van der Waals surface area contributed by atoms with Gasteiger partial charge in [0.05, 0.1) is 40.1 Å². The van der Waals surface area contributed by atoms with E-state index in [4.69, 9.17) is 77.7 Å². The highest BCUT2D eigenvalue weighted by Crippen LogP contribution is 2.27. The second-order valence-corrected chi connectivity index (χ2v) is 24.4. The number of pyridine rings is 1. The fourth-order valence-corrected chi connectivity index (χ4v) is 9.57. The third-order valence-electron chi connectivity index (χ3n) is 13.5. The number of primary amides is 1. The predicted molar refractivity (Wildman–Crippen MR) is 435 cm³/mol. The summed E-state index contributed by atoms with van der Waals surface area (Å²) in [7, 11) is 0. The number of nitrogen functional groups attached to an aromatic ring is 10. The SMILES string of the molecule is CC(=O)Nc1ccc(-c2csc(N)n2)cc1.CC(=O)Nc1ccccc1N.CC(O)c1cccc(N)c1.Cc1ccc(N)cc1.Cc1cccc(N)c1.NC(=O)c1cccc(N)c1.Nc1cc(-c2ccc(F)cc2)[nH]n1.Nc1cccc(O)c1.Nc1ccncc1.Nc1nc(-c2ccc3[nH]c(=O)oc3c2)cs1. The molecule has 0 aliphatic heterocycles. The van der Waals surface area contributed by atoms with Gasteiger partial charge in [0, 0.05) is 106 Å². The zero-order valence-corrected chi connectivity index (χ0v) is 60.7. The Morgan fingerprint density at radius 3 is 1.50 bits per heavy atom. The molecular formula is C78H86FN19O7S2. The Balaban J connectivity index is 0.000000216. The van der Waals surface area contributed by atoms with Gasteiger partial charge in [0.1, 0.15) is 17.4 Å². The van der Waals surface area contributed by atoms with E-state index in [1.807, 2.05) is 128 Å². The first-order chi connectivity index (χ1) is 51.0. The van der Waals surface area contributed by atoms with E-state index < -0.39 is 17.8 Å². The number of amides is 3. The average molecular weight is 1480 g/mol. The summed E-state index contributed by atoms with van der Waals surface area (Å²) in [5.41, 5.74) is 75.9. The lowest BCUT2D eigenvalue weighted by Crippen LogP contribution is -2.10. The zero-order valence-electron chi connectivity index (χ0n) is 59.1. The number of H-pyrrole nitrogens is 2. The van der Waals surface area contributed by atoms with E-state index in [-0.39, 0.29) is 23.4 Å². The number of anilines is 12. The van der Waals surface area contributed by atoms with Crippen LogP contribution in [0.2, 0.25) is 0 Å². The summed E-state index contributed by atoms with van der Waals surface area (Å²) in [4.78, 5) is 57.6. The van der Waals surface area contributed by atoms with Crippen molar-refractivity contribution in [1.29, 1.82) is 0 Å². The maximum atomic E-state index is 12.6. The fourth-order valence-electron chi connectivity index (χ4n) is 8.42. The molecule has 14 aromatic rings. The van der Waals surface area contributed by atoms with Gasteiger partial charge >= 0.3 is 5.76 Å². The lowest BCUT2D eigenvalue weighted by Gasteiger charge is -2.03. The van der Waals surface area contributed by atoms with Crippen LogP contribution in [-0.2, 0) is 9.59 Å². The van der Waals surface area contributed by atoms with Gasteiger partial charge in [-0.25, -0.2) is 19.2 Å². The normalized spacial score (nSPS) is 10.0. The number of para-hydroxylation sites is 2. The van der Waals surface area contributed by atoms with Crippen molar-refractivity contribution in [3.63, 3.8) is 0 Å². The maximum absolute atomic E-state index is 12.6. The third kappa shape index (κ3) is 32.7. The van der Waals surface area contributed by atoms with Crippen molar-refractivity contribution in [2.75, 3.05) is 68.0 Å². The van der Waals surface area contributed by atoms with Crippen LogP contribution in [0.4, 0.5) is 71.7 Å². The van der Waals surface area contributed by atoms with E-state index in [0.717, 1.165) is 62.1 Å². The van der Waals surface area contributed by atoms with Gasteiger partial charge in [-0.3, -0.25) is 29.5 Å². The Morgan fingerprint density at radius 1 is 0.533 bits per heavy atom. The van der Waals surface area contributed by atoms with Crippen LogP contribution in [0.1, 0.15) is 53.9 Å².